The van der Waals surface area contributed by atoms with Crippen molar-refractivity contribution in [1.29, 1.82) is 0 Å². The van der Waals surface area contributed by atoms with Gasteiger partial charge < -0.3 is 5.73 Å². The second-order valence-electron chi connectivity index (χ2n) is 2.52. The summed E-state index contributed by atoms with van der Waals surface area (Å²) in [5.41, 5.74) is 5.79. The van der Waals surface area contributed by atoms with E-state index in [1.165, 1.54) is 12.3 Å². The molecule has 74 valence electrons. The van der Waals surface area contributed by atoms with Crippen molar-refractivity contribution in [3.05, 3.63) is 34.0 Å². The lowest BCUT2D eigenvalue weighted by Crippen LogP contribution is -1.98. The van der Waals surface area contributed by atoms with E-state index in [1.54, 1.807) is 12.2 Å². The third-order valence-corrected chi connectivity index (χ3v) is 1.74. The third kappa shape index (κ3) is 2.46. The van der Waals surface area contributed by atoms with Crippen LogP contribution in [-0.2, 0) is 0 Å². The number of nitro groups is 1. The maximum absolute atomic E-state index is 10.5. The molecule has 2 N–H and O–H groups in total. The summed E-state index contributed by atoms with van der Waals surface area (Å²) in [4.78, 5) is 13.7. The number of rotatable bonds is 3. The van der Waals surface area contributed by atoms with Gasteiger partial charge >= 0.3 is 5.69 Å². The van der Waals surface area contributed by atoms with Crippen LogP contribution in [0.3, 0.4) is 0 Å². The maximum Gasteiger partial charge on any atom is 0.311 e. The number of anilines is 1. The molecule has 0 atom stereocenters. The molecule has 5 nitrogen and oxygen atoms in total. The molecule has 0 saturated heterocycles. The van der Waals surface area contributed by atoms with Gasteiger partial charge in [0.05, 0.1) is 4.92 Å². The molecule has 1 aromatic heterocycles. The average molecular weight is 211 g/mol. The van der Waals surface area contributed by atoms with Crippen molar-refractivity contribution in [2.45, 2.75) is 0 Å². The Labute approximate surface area is 86.2 Å². The number of nitrogens with zero attached hydrogens (tertiary/aromatic N) is 2. The molecule has 1 rings (SSSR count). The van der Waals surface area contributed by atoms with E-state index < -0.39 is 4.92 Å². The zero-order valence-electron chi connectivity index (χ0n) is 7.25. The predicted octanol–water partition coefficient (Wildman–Crippen LogP) is 1.51. The van der Waals surface area contributed by atoms with E-state index in [0.717, 1.165) is 0 Å². The fourth-order valence-corrected chi connectivity index (χ4v) is 1.01. The fraction of sp³-hybridized carbons (Fsp3) is 0.125. The highest BCUT2D eigenvalue weighted by atomic mass is 32.1. The zero-order chi connectivity index (χ0) is 10.6. The molecule has 0 spiro atoms. The molecule has 1 heterocycles. The molecule has 0 saturated carbocycles. The van der Waals surface area contributed by atoms with Crippen LogP contribution >= 0.6 is 12.6 Å². The van der Waals surface area contributed by atoms with Crippen LogP contribution < -0.4 is 5.73 Å². The van der Waals surface area contributed by atoms with E-state index in [1.807, 2.05) is 0 Å². The first-order valence-electron chi connectivity index (χ1n) is 3.82. The highest BCUT2D eigenvalue weighted by Crippen LogP contribution is 2.19. The SMILES string of the molecule is Nc1ncc(C=CCS)cc1[N+](=O)[O-]. The largest absolute Gasteiger partial charge is 0.378 e. The average Bonchev–Trinajstić information content (AvgIpc) is 2.16. The Morgan fingerprint density at radius 1 is 1.71 bits per heavy atom. The Morgan fingerprint density at radius 3 is 3.00 bits per heavy atom. The van der Waals surface area contributed by atoms with Gasteiger partial charge in [0.1, 0.15) is 0 Å². The maximum atomic E-state index is 10.5. The summed E-state index contributed by atoms with van der Waals surface area (Å²) in [5.74, 6) is 0.496. The van der Waals surface area contributed by atoms with Gasteiger partial charge in [-0.1, -0.05) is 12.2 Å². The summed E-state index contributed by atoms with van der Waals surface area (Å²) < 4.78 is 0. The van der Waals surface area contributed by atoms with Gasteiger partial charge in [-0.2, -0.15) is 12.6 Å². The lowest BCUT2D eigenvalue weighted by molar-refractivity contribution is -0.384. The van der Waals surface area contributed by atoms with Gasteiger partial charge in [0, 0.05) is 18.0 Å². The van der Waals surface area contributed by atoms with Crippen LogP contribution in [0, 0.1) is 10.1 Å². The first kappa shape index (κ1) is 10.5. The second-order valence-corrected chi connectivity index (χ2v) is 2.88. The molecule has 0 fully saturated rings. The number of thiol groups is 1. The van der Waals surface area contributed by atoms with Crippen molar-refractivity contribution in [1.82, 2.24) is 4.98 Å². The molecule has 0 aliphatic carbocycles. The molecule has 14 heavy (non-hydrogen) atoms. The number of nitrogens with two attached hydrogens (primary N) is 1. The van der Waals surface area contributed by atoms with Gasteiger partial charge in [0.2, 0.25) is 5.82 Å². The summed E-state index contributed by atoms with van der Waals surface area (Å²) >= 11 is 3.97. The zero-order valence-corrected chi connectivity index (χ0v) is 8.15. The Bertz CT molecular complexity index is 379. The van der Waals surface area contributed by atoms with Crippen molar-refractivity contribution in [3.8, 4) is 0 Å². The molecule has 6 heteroatoms. The number of hydrogen-bond donors (Lipinski definition) is 2. The van der Waals surface area contributed by atoms with Crippen LogP contribution in [0.2, 0.25) is 0 Å². The highest BCUT2D eigenvalue weighted by molar-refractivity contribution is 7.80. The molecule has 0 unspecified atom stereocenters. The first-order valence-corrected chi connectivity index (χ1v) is 4.45. The van der Waals surface area contributed by atoms with Crippen LogP contribution in [-0.4, -0.2) is 15.7 Å². The topological polar surface area (TPSA) is 82.0 Å². The number of pyridine rings is 1. The Hall–Kier alpha value is -1.56. The van der Waals surface area contributed by atoms with Gasteiger partial charge in [0.25, 0.3) is 0 Å². The van der Waals surface area contributed by atoms with E-state index in [4.69, 9.17) is 5.73 Å². The third-order valence-electron chi connectivity index (χ3n) is 1.53. The molecule has 0 aliphatic rings. The van der Waals surface area contributed by atoms with Crippen molar-refractivity contribution < 1.29 is 4.92 Å². The minimum Gasteiger partial charge on any atom is -0.378 e. The Balaban J connectivity index is 3.06. The summed E-state index contributed by atoms with van der Waals surface area (Å²) in [6.07, 6.45) is 4.94. The van der Waals surface area contributed by atoms with Crippen LogP contribution in [0.4, 0.5) is 11.5 Å². The van der Waals surface area contributed by atoms with Crippen LogP contribution in [0.15, 0.2) is 18.3 Å². The summed E-state index contributed by atoms with van der Waals surface area (Å²) in [7, 11) is 0. The lowest BCUT2D eigenvalue weighted by atomic mass is 10.2. The monoisotopic (exact) mass is 211 g/mol. The van der Waals surface area contributed by atoms with E-state index in [2.05, 4.69) is 17.6 Å². The second kappa shape index (κ2) is 4.61. The van der Waals surface area contributed by atoms with Crippen molar-refractivity contribution in [3.63, 3.8) is 0 Å². The normalized spacial score (nSPS) is 10.6. The molecule has 0 radical (unpaired) electrons. The number of hydrogen-bond acceptors (Lipinski definition) is 5. The van der Waals surface area contributed by atoms with Gasteiger partial charge in [-0.05, 0) is 5.56 Å². The van der Waals surface area contributed by atoms with Crippen molar-refractivity contribution >= 4 is 30.2 Å². The van der Waals surface area contributed by atoms with Crippen molar-refractivity contribution in [2.24, 2.45) is 0 Å². The van der Waals surface area contributed by atoms with Gasteiger partial charge in [-0.3, -0.25) is 10.1 Å². The fourth-order valence-electron chi connectivity index (χ4n) is 0.905. The summed E-state index contributed by atoms with van der Waals surface area (Å²) in [5, 5.41) is 10.5. The predicted molar refractivity (Wildman–Crippen MR) is 58.2 cm³/mol. The molecule has 0 aromatic carbocycles. The van der Waals surface area contributed by atoms with Crippen molar-refractivity contribution in [2.75, 3.05) is 11.5 Å². The molecule has 0 bridgehead atoms. The lowest BCUT2D eigenvalue weighted by Gasteiger charge is -1.97. The van der Waals surface area contributed by atoms with Crippen LogP contribution in [0.1, 0.15) is 5.56 Å². The molecule has 0 amide bonds. The molecule has 0 aliphatic heterocycles. The standard InChI is InChI=1S/C8H9N3O2S/c9-8-7(11(12)13)4-6(5-10-8)2-1-3-14/h1-2,4-5,14H,3H2,(H2,9,10). The smallest absolute Gasteiger partial charge is 0.311 e. The minimum absolute atomic E-state index is 0.0713. The minimum atomic E-state index is -0.555. The number of aromatic nitrogens is 1. The molecular weight excluding hydrogens is 202 g/mol. The van der Waals surface area contributed by atoms with Gasteiger partial charge in [0.15, 0.2) is 0 Å². The summed E-state index contributed by atoms with van der Waals surface area (Å²) in [6.45, 7) is 0. The van der Waals surface area contributed by atoms with Crippen LogP contribution in [0.5, 0.6) is 0 Å². The highest BCUT2D eigenvalue weighted by Gasteiger charge is 2.11. The molecular formula is C8H9N3O2S. The molecule has 1 aromatic rings. The number of nitrogen functional groups attached to an aromatic ring is 1. The van der Waals surface area contributed by atoms with E-state index in [-0.39, 0.29) is 11.5 Å². The Morgan fingerprint density at radius 2 is 2.43 bits per heavy atom. The van der Waals surface area contributed by atoms with E-state index in [0.29, 0.717) is 11.3 Å². The quantitative estimate of drug-likeness (QED) is 0.451. The van der Waals surface area contributed by atoms with Gasteiger partial charge in [-0.25, -0.2) is 4.98 Å². The van der Waals surface area contributed by atoms with Crippen LogP contribution in [0.25, 0.3) is 6.08 Å². The Kier molecular flexibility index (Phi) is 3.47. The van der Waals surface area contributed by atoms with Gasteiger partial charge in [-0.15, -0.1) is 0 Å². The van der Waals surface area contributed by atoms with E-state index >= 15 is 0 Å². The summed E-state index contributed by atoms with van der Waals surface area (Å²) in [6, 6.07) is 1.38. The first-order chi connectivity index (χ1) is 6.65. The van der Waals surface area contributed by atoms with E-state index in [9.17, 15) is 10.1 Å².